The van der Waals surface area contributed by atoms with Crippen LogP contribution in [0.5, 0.6) is 0 Å². The second-order valence-electron chi connectivity index (χ2n) is 7.66. The van der Waals surface area contributed by atoms with E-state index in [4.69, 9.17) is 4.42 Å². The fourth-order valence-electron chi connectivity index (χ4n) is 4.07. The molecule has 0 unspecified atom stereocenters. The summed E-state index contributed by atoms with van der Waals surface area (Å²) in [6.45, 7) is 1.39. The first kappa shape index (κ1) is 19.1. The zero-order valence-electron chi connectivity index (χ0n) is 16.9. The minimum Gasteiger partial charge on any atom is -0.457 e. The van der Waals surface area contributed by atoms with Crippen LogP contribution in [-0.4, -0.2) is 23.0 Å². The standard InChI is InChI=1S/C25H21N3O3/c29-28(30)23-7-4-12-26-25(23)27-13-10-18(11-14-27)15-22-17-21-16-20(8-9-24(21)31-22)19-5-2-1-3-6-19/h1-9,12,15-17H,10-11,13-14H2. The summed E-state index contributed by atoms with van der Waals surface area (Å²) in [7, 11) is 0. The maximum absolute atomic E-state index is 11.3. The summed E-state index contributed by atoms with van der Waals surface area (Å²) in [5, 5.41) is 12.4. The first-order valence-electron chi connectivity index (χ1n) is 10.3. The molecule has 4 aromatic rings. The lowest BCUT2D eigenvalue weighted by molar-refractivity contribution is -0.384. The van der Waals surface area contributed by atoms with Crippen molar-refractivity contribution in [3.63, 3.8) is 0 Å². The smallest absolute Gasteiger partial charge is 0.311 e. The number of pyridine rings is 1. The van der Waals surface area contributed by atoms with E-state index in [1.165, 1.54) is 22.8 Å². The van der Waals surface area contributed by atoms with Crippen LogP contribution in [0.15, 0.2) is 82.9 Å². The molecule has 0 N–H and O–H groups in total. The Morgan fingerprint density at radius 3 is 2.55 bits per heavy atom. The molecule has 0 amide bonds. The van der Waals surface area contributed by atoms with E-state index < -0.39 is 0 Å². The highest BCUT2D eigenvalue weighted by Crippen LogP contribution is 2.31. The predicted molar refractivity (Wildman–Crippen MR) is 122 cm³/mol. The van der Waals surface area contributed by atoms with Gasteiger partial charge in [0.2, 0.25) is 5.82 Å². The molecular weight excluding hydrogens is 390 g/mol. The summed E-state index contributed by atoms with van der Waals surface area (Å²) in [4.78, 5) is 17.1. The number of fused-ring (bicyclic) bond motifs is 1. The van der Waals surface area contributed by atoms with Crippen LogP contribution >= 0.6 is 0 Å². The van der Waals surface area contributed by atoms with Crippen molar-refractivity contribution in [1.82, 2.24) is 4.98 Å². The first-order valence-corrected chi connectivity index (χ1v) is 10.3. The molecule has 2 aromatic carbocycles. The number of hydrogen-bond acceptors (Lipinski definition) is 5. The maximum atomic E-state index is 11.3. The molecule has 1 fully saturated rings. The second kappa shape index (κ2) is 8.07. The normalized spacial score (nSPS) is 14.1. The largest absolute Gasteiger partial charge is 0.457 e. The van der Waals surface area contributed by atoms with Crippen LogP contribution in [0.3, 0.4) is 0 Å². The molecule has 2 aromatic heterocycles. The molecular formula is C25H21N3O3. The van der Waals surface area contributed by atoms with E-state index in [9.17, 15) is 10.1 Å². The molecule has 1 aliphatic heterocycles. The zero-order valence-corrected chi connectivity index (χ0v) is 16.9. The highest BCUT2D eigenvalue weighted by atomic mass is 16.6. The van der Waals surface area contributed by atoms with Gasteiger partial charge in [-0.1, -0.05) is 42.0 Å². The summed E-state index contributed by atoms with van der Waals surface area (Å²) in [6.07, 6.45) is 5.35. The molecule has 5 rings (SSSR count). The van der Waals surface area contributed by atoms with Crippen molar-refractivity contribution >= 4 is 28.6 Å². The fraction of sp³-hybridized carbons (Fsp3) is 0.160. The lowest BCUT2D eigenvalue weighted by atomic mass is 10.0. The second-order valence-corrected chi connectivity index (χ2v) is 7.66. The topological polar surface area (TPSA) is 72.4 Å². The fourth-order valence-corrected chi connectivity index (χ4v) is 4.07. The number of aromatic nitrogens is 1. The van der Waals surface area contributed by atoms with Crippen molar-refractivity contribution in [2.75, 3.05) is 18.0 Å². The minimum atomic E-state index is -0.369. The van der Waals surface area contributed by atoms with Gasteiger partial charge in [-0.05, 0) is 54.3 Å². The van der Waals surface area contributed by atoms with Gasteiger partial charge in [0.1, 0.15) is 11.3 Å². The maximum Gasteiger partial charge on any atom is 0.311 e. The molecule has 6 heteroatoms. The number of rotatable bonds is 4. The molecule has 3 heterocycles. The Labute approximate surface area is 179 Å². The van der Waals surface area contributed by atoms with Crippen molar-refractivity contribution in [1.29, 1.82) is 0 Å². The molecule has 31 heavy (non-hydrogen) atoms. The number of furan rings is 1. The Morgan fingerprint density at radius 1 is 0.968 bits per heavy atom. The Kier molecular flexibility index (Phi) is 4.96. The number of nitrogens with zero attached hydrogens (tertiary/aromatic N) is 3. The summed E-state index contributed by atoms with van der Waals surface area (Å²) < 4.78 is 6.03. The van der Waals surface area contributed by atoms with Gasteiger partial charge in [-0.15, -0.1) is 0 Å². The summed E-state index contributed by atoms with van der Waals surface area (Å²) in [5.41, 5.74) is 4.55. The van der Waals surface area contributed by atoms with Gasteiger partial charge in [0.05, 0.1) is 4.92 Å². The Balaban J connectivity index is 1.33. The monoisotopic (exact) mass is 411 g/mol. The Bertz CT molecular complexity index is 1270. The first-order chi connectivity index (χ1) is 15.2. The predicted octanol–water partition coefficient (Wildman–Crippen LogP) is 6.09. The van der Waals surface area contributed by atoms with E-state index in [1.54, 1.807) is 12.3 Å². The molecule has 0 spiro atoms. The van der Waals surface area contributed by atoms with Crippen molar-refractivity contribution in [3.8, 4) is 11.1 Å². The van der Waals surface area contributed by atoms with Crippen LogP contribution in [0.25, 0.3) is 28.2 Å². The highest BCUT2D eigenvalue weighted by Gasteiger charge is 2.23. The molecule has 1 saturated heterocycles. The molecule has 0 bridgehead atoms. The molecule has 1 aliphatic rings. The zero-order chi connectivity index (χ0) is 21.2. The van der Waals surface area contributed by atoms with E-state index in [2.05, 4.69) is 41.4 Å². The number of nitro groups is 1. The van der Waals surface area contributed by atoms with Crippen molar-refractivity contribution in [2.24, 2.45) is 0 Å². The Morgan fingerprint density at radius 2 is 1.77 bits per heavy atom. The van der Waals surface area contributed by atoms with E-state index in [-0.39, 0.29) is 10.6 Å². The van der Waals surface area contributed by atoms with Gasteiger partial charge in [-0.3, -0.25) is 10.1 Å². The van der Waals surface area contributed by atoms with Gasteiger partial charge in [-0.2, -0.15) is 0 Å². The molecule has 6 nitrogen and oxygen atoms in total. The van der Waals surface area contributed by atoms with Crippen LogP contribution in [0, 0.1) is 10.1 Å². The quantitative estimate of drug-likeness (QED) is 0.300. The number of anilines is 1. The summed E-state index contributed by atoms with van der Waals surface area (Å²) in [5.74, 6) is 1.29. The number of benzene rings is 2. The third-order valence-electron chi connectivity index (χ3n) is 5.66. The molecule has 0 aliphatic carbocycles. The van der Waals surface area contributed by atoms with Crippen LogP contribution in [0.1, 0.15) is 18.6 Å². The summed E-state index contributed by atoms with van der Waals surface area (Å²) >= 11 is 0. The van der Waals surface area contributed by atoms with Gasteiger partial charge in [-0.25, -0.2) is 4.98 Å². The highest BCUT2D eigenvalue weighted by molar-refractivity contribution is 5.85. The lowest BCUT2D eigenvalue weighted by Crippen LogP contribution is -2.31. The molecule has 154 valence electrons. The van der Waals surface area contributed by atoms with Gasteiger partial charge >= 0.3 is 5.69 Å². The molecule has 0 atom stereocenters. The lowest BCUT2D eigenvalue weighted by Gasteiger charge is -2.28. The van der Waals surface area contributed by atoms with Crippen molar-refractivity contribution in [2.45, 2.75) is 12.8 Å². The van der Waals surface area contributed by atoms with Crippen LogP contribution in [-0.2, 0) is 0 Å². The Hall–Kier alpha value is -3.93. The van der Waals surface area contributed by atoms with Gasteiger partial charge in [0.25, 0.3) is 0 Å². The minimum absolute atomic E-state index is 0.0569. The van der Waals surface area contributed by atoms with E-state index in [0.717, 1.165) is 29.6 Å². The van der Waals surface area contributed by atoms with E-state index in [0.29, 0.717) is 18.9 Å². The number of hydrogen-bond donors (Lipinski definition) is 0. The SMILES string of the molecule is O=[N+]([O-])c1cccnc1N1CCC(=Cc2cc3cc(-c4ccccc4)ccc3o2)CC1. The van der Waals surface area contributed by atoms with Gasteiger partial charge in [0, 0.05) is 30.7 Å². The van der Waals surface area contributed by atoms with Crippen LogP contribution < -0.4 is 4.90 Å². The molecule has 0 saturated carbocycles. The van der Waals surface area contributed by atoms with Crippen molar-refractivity contribution < 1.29 is 9.34 Å². The third kappa shape index (κ3) is 3.92. The van der Waals surface area contributed by atoms with Crippen molar-refractivity contribution in [3.05, 3.63) is 94.4 Å². The molecule has 0 radical (unpaired) electrons. The van der Waals surface area contributed by atoms with Gasteiger partial charge < -0.3 is 9.32 Å². The number of piperidine rings is 1. The van der Waals surface area contributed by atoms with Crippen LogP contribution in [0.4, 0.5) is 11.5 Å². The van der Waals surface area contributed by atoms with Gasteiger partial charge in [0.15, 0.2) is 0 Å². The average Bonchev–Trinajstić information content (AvgIpc) is 3.21. The van der Waals surface area contributed by atoms with E-state index in [1.807, 2.05) is 29.2 Å². The summed E-state index contributed by atoms with van der Waals surface area (Å²) in [6, 6.07) is 21.7. The van der Waals surface area contributed by atoms with Crippen LogP contribution in [0.2, 0.25) is 0 Å². The third-order valence-corrected chi connectivity index (χ3v) is 5.66. The van der Waals surface area contributed by atoms with E-state index >= 15 is 0 Å². The average molecular weight is 411 g/mol.